The zero-order chi connectivity index (χ0) is 8.72. The highest BCUT2D eigenvalue weighted by Gasteiger charge is 2.21. The number of rotatable bonds is 0. The van der Waals surface area contributed by atoms with Crippen molar-refractivity contribution in [3.05, 3.63) is 27.5 Å². The van der Waals surface area contributed by atoms with Crippen molar-refractivity contribution >= 4 is 43.3 Å². The monoisotopic (exact) mass is 290 g/mol. The van der Waals surface area contributed by atoms with Crippen LogP contribution in [0.2, 0.25) is 0 Å². The summed E-state index contributed by atoms with van der Waals surface area (Å²) in [5.74, 6) is 0.268. The van der Waals surface area contributed by atoms with Crippen molar-refractivity contribution in [2.24, 2.45) is 0 Å². The Bertz CT molecular complexity index is 376. The van der Waals surface area contributed by atoms with Crippen molar-refractivity contribution in [2.75, 3.05) is 0 Å². The Balaban J connectivity index is 2.68. The number of carbonyl (C=O) groups excluding carboxylic acids is 1. The lowest BCUT2D eigenvalue weighted by atomic mass is 10.0. The van der Waals surface area contributed by atoms with Gasteiger partial charge in [0.2, 0.25) is 0 Å². The normalized spacial score (nSPS) is 15.8. The number of halogens is 1. The third kappa shape index (κ3) is 1.15. The Morgan fingerprint density at radius 3 is 3.00 bits per heavy atom. The number of hydrogen-bond donors (Lipinski definition) is 0. The van der Waals surface area contributed by atoms with Crippen molar-refractivity contribution in [3.8, 4) is 0 Å². The first-order valence-electron chi connectivity index (χ1n) is 3.67. The Kier molecular flexibility index (Phi) is 2.08. The molecule has 1 nitrogen and oxygen atoms in total. The molecule has 0 aliphatic heterocycles. The number of allylic oxidation sites excluding steroid dienone is 1. The smallest absolute Gasteiger partial charge is 0.168 e. The molecule has 0 amide bonds. The Labute approximate surface area is 88.6 Å². The molecule has 12 heavy (non-hydrogen) atoms. The number of hydrogen-bond acceptors (Lipinski definition) is 2. The fourth-order valence-electron chi connectivity index (χ4n) is 1.34. The quantitative estimate of drug-likeness (QED) is 0.669. The molecule has 0 unspecified atom stereocenters. The number of thiophene rings is 1. The third-order valence-electron chi connectivity index (χ3n) is 1.94. The lowest BCUT2D eigenvalue weighted by Gasteiger charge is -2.07. The lowest BCUT2D eigenvalue weighted by Crippen LogP contribution is -2.04. The van der Waals surface area contributed by atoms with Gasteiger partial charge < -0.3 is 0 Å². The van der Waals surface area contributed by atoms with Crippen LogP contribution in [0.5, 0.6) is 0 Å². The molecule has 0 fully saturated rings. The van der Waals surface area contributed by atoms with E-state index < -0.39 is 0 Å². The van der Waals surface area contributed by atoms with Gasteiger partial charge in [-0.05, 0) is 40.5 Å². The molecular weight excluding hydrogens is 283 g/mol. The number of Topliss-reactive ketones (excluding diaryl/α,β-unsaturated/α-hetero) is 1. The average molecular weight is 290 g/mol. The maximum absolute atomic E-state index is 11.5. The first-order valence-corrected chi connectivity index (χ1v) is 5.63. The molecule has 3 heteroatoms. The molecule has 0 atom stereocenters. The second kappa shape index (κ2) is 2.96. The van der Waals surface area contributed by atoms with Gasteiger partial charge in [0.25, 0.3) is 0 Å². The van der Waals surface area contributed by atoms with Crippen LogP contribution in [-0.4, -0.2) is 5.78 Å². The summed E-state index contributed by atoms with van der Waals surface area (Å²) in [7, 11) is 0. The van der Waals surface area contributed by atoms with Crippen molar-refractivity contribution < 1.29 is 4.79 Å². The van der Waals surface area contributed by atoms with Crippen LogP contribution < -0.4 is 0 Å². The second-order valence-electron chi connectivity index (χ2n) is 2.80. The summed E-state index contributed by atoms with van der Waals surface area (Å²) >= 11 is 3.96. The number of fused-ring (bicyclic) bond motifs is 1. The number of carbonyl (C=O) groups is 1. The van der Waals surface area contributed by atoms with Gasteiger partial charge in [0.05, 0.1) is 4.88 Å². The fourth-order valence-corrected chi connectivity index (χ4v) is 3.22. The van der Waals surface area contributed by atoms with E-state index in [9.17, 15) is 4.79 Å². The lowest BCUT2D eigenvalue weighted by molar-refractivity contribution is 0.0994. The largest absolute Gasteiger partial charge is 0.294 e. The van der Waals surface area contributed by atoms with E-state index in [0.29, 0.717) is 6.42 Å². The van der Waals surface area contributed by atoms with Crippen LogP contribution in [0.4, 0.5) is 0 Å². The van der Waals surface area contributed by atoms with Crippen molar-refractivity contribution in [2.45, 2.75) is 13.3 Å². The Morgan fingerprint density at radius 1 is 1.58 bits per heavy atom. The molecule has 0 radical (unpaired) electrons. The van der Waals surface area contributed by atoms with E-state index in [1.54, 1.807) is 11.3 Å². The van der Waals surface area contributed by atoms with Gasteiger partial charge in [0.1, 0.15) is 0 Å². The summed E-state index contributed by atoms with van der Waals surface area (Å²) in [5.41, 5.74) is 2.08. The molecule has 0 N–H and O–H groups in total. The molecule has 62 valence electrons. The molecule has 0 spiro atoms. The van der Waals surface area contributed by atoms with E-state index in [2.05, 4.69) is 28.0 Å². The van der Waals surface area contributed by atoms with Crippen LogP contribution in [0.1, 0.15) is 27.2 Å². The number of ketones is 1. The highest BCUT2D eigenvalue weighted by molar-refractivity contribution is 14.1. The van der Waals surface area contributed by atoms with Gasteiger partial charge in [-0.2, -0.15) is 0 Å². The summed E-state index contributed by atoms with van der Waals surface area (Å²) < 4.78 is 1.22. The van der Waals surface area contributed by atoms with Crippen LogP contribution >= 0.6 is 33.9 Å². The predicted molar refractivity (Wildman–Crippen MR) is 60.0 cm³/mol. The summed E-state index contributed by atoms with van der Waals surface area (Å²) in [4.78, 5) is 12.6. The minimum atomic E-state index is 0.268. The molecule has 0 aromatic carbocycles. The number of aryl methyl sites for hydroxylation is 1. The predicted octanol–water partition coefficient (Wildman–Crippen LogP) is 3.42. The van der Waals surface area contributed by atoms with Crippen LogP contribution in [0, 0.1) is 6.92 Å². The van der Waals surface area contributed by atoms with Crippen LogP contribution in [-0.2, 0) is 0 Å². The van der Waals surface area contributed by atoms with Gasteiger partial charge in [-0.3, -0.25) is 4.79 Å². The first kappa shape index (κ1) is 8.44. The highest BCUT2D eigenvalue weighted by atomic mass is 127. The molecule has 2 rings (SSSR count). The zero-order valence-corrected chi connectivity index (χ0v) is 9.53. The molecule has 1 aliphatic carbocycles. The van der Waals surface area contributed by atoms with Gasteiger partial charge in [-0.25, -0.2) is 0 Å². The van der Waals surface area contributed by atoms with Crippen molar-refractivity contribution in [3.63, 3.8) is 0 Å². The standard InChI is InChI=1S/C9H7IOS/c1-5-4-12-9-6(10)2-3-7(11)8(5)9/h2,4H,3H2,1H3. The molecule has 1 heterocycles. The Morgan fingerprint density at radius 2 is 2.33 bits per heavy atom. The maximum atomic E-state index is 11.5. The summed E-state index contributed by atoms with van der Waals surface area (Å²) in [6.45, 7) is 2.00. The van der Waals surface area contributed by atoms with E-state index in [1.165, 1.54) is 3.58 Å². The molecule has 0 saturated heterocycles. The third-order valence-corrected chi connectivity index (χ3v) is 4.41. The molecule has 1 aliphatic rings. The summed E-state index contributed by atoms with van der Waals surface area (Å²) in [5, 5.41) is 2.06. The highest BCUT2D eigenvalue weighted by Crippen LogP contribution is 2.37. The summed E-state index contributed by atoms with van der Waals surface area (Å²) in [6, 6.07) is 0. The van der Waals surface area contributed by atoms with Crippen molar-refractivity contribution in [1.29, 1.82) is 0 Å². The van der Waals surface area contributed by atoms with E-state index in [-0.39, 0.29) is 5.78 Å². The molecule has 1 aromatic heterocycles. The second-order valence-corrected chi connectivity index (χ2v) is 4.84. The summed E-state index contributed by atoms with van der Waals surface area (Å²) in [6.07, 6.45) is 2.57. The van der Waals surface area contributed by atoms with Gasteiger partial charge in [-0.1, -0.05) is 6.08 Å². The van der Waals surface area contributed by atoms with Crippen LogP contribution in [0.25, 0.3) is 3.58 Å². The van der Waals surface area contributed by atoms with E-state index in [4.69, 9.17) is 0 Å². The van der Waals surface area contributed by atoms with E-state index in [1.807, 2.05) is 13.0 Å². The Hall–Kier alpha value is -0.160. The van der Waals surface area contributed by atoms with E-state index >= 15 is 0 Å². The fraction of sp³-hybridized carbons (Fsp3) is 0.222. The van der Waals surface area contributed by atoms with E-state index in [0.717, 1.165) is 16.0 Å². The maximum Gasteiger partial charge on any atom is 0.168 e. The van der Waals surface area contributed by atoms with Crippen LogP contribution in [0.3, 0.4) is 0 Å². The molecule has 0 bridgehead atoms. The first-order chi connectivity index (χ1) is 5.70. The molecular formula is C9H7IOS. The van der Waals surface area contributed by atoms with Gasteiger partial charge in [-0.15, -0.1) is 11.3 Å². The van der Waals surface area contributed by atoms with Gasteiger partial charge >= 0.3 is 0 Å². The molecule has 1 aromatic rings. The SMILES string of the molecule is Cc1csc2c1C(=O)CC=C2I. The minimum absolute atomic E-state index is 0.268. The van der Waals surface area contributed by atoms with Gasteiger partial charge in [0.15, 0.2) is 5.78 Å². The topological polar surface area (TPSA) is 17.1 Å². The zero-order valence-electron chi connectivity index (χ0n) is 6.56. The van der Waals surface area contributed by atoms with Crippen molar-refractivity contribution in [1.82, 2.24) is 0 Å². The molecule has 0 saturated carbocycles. The minimum Gasteiger partial charge on any atom is -0.294 e. The van der Waals surface area contributed by atoms with Gasteiger partial charge in [0, 0.05) is 15.6 Å². The van der Waals surface area contributed by atoms with Crippen LogP contribution in [0.15, 0.2) is 11.5 Å². The average Bonchev–Trinajstić information content (AvgIpc) is 2.42.